The summed E-state index contributed by atoms with van der Waals surface area (Å²) in [4.78, 5) is 26.2. The predicted molar refractivity (Wildman–Crippen MR) is 115 cm³/mol. The molecule has 3 aromatic carbocycles. The Labute approximate surface area is 170 Å². The molecule has 5 nitrogen and oxygen atoms in total. The molecule has 0 aromatic heterocycles. The molecular weight excluding hydrogens is 364 g/mol. The Morgan fingerprint density at radius 2 is 1.55 bits per heavy atom. The maximum Gasteiger partial charge on any atom is 0.226 e. The van der Waals surface area contributed by atoms with E-state index in [1.54, 1.807) is 17.0 Å². The van der Waals surface area contributed by atoms with Crippen molar-refractivity contribution < 1.29 is 14.3 Å². The molecular formula is C24H24N2O3. The standard InChI is InChI=1S/C24H24N2O3/c1-18-12-14-20(15-13-18)26(19(2)27)17-16-24(28)25-22-10-6-7-11-23(22)29-21-8-4-3-5-9-21/h3-15H,16-17H2,1-2H3,(H,25,28). The van der Waals surface area contributed by atoms with E-state index in [1.807, 2.05) is 73.7 Å². The van der Waals surface area contributed by atoms with Crippen molar-refractivity contribution in [2.45, 2.75) is 20.3 Å². The second-order valence-electron chi connectivity index (χ2n) is 6.72. The van der Waals surface area contributed by atoms with Crippen LogP contribution in [0.25, 0.3) is 0 Å². The fourth-order valence-electron chi connectivity index (χ4n) is 2.89. The number of rotatable bonds is 7. The first-order valence-corrected chi connectivity index (χ1v) is 9.49. The third-order valence-corrected chi connectivity index (χ3v) is 4.42. The minimum absolute atomic E-state index is 0.102. The van der Waals surface area contributed by atoms with Crippen LogP contribution in [0, 0.1) is 6.92 Å². The molecule has 0 saturated carbocycles. The van der Waals surface area contributed by atoms with Crippen molar-refractivity contribution in [2.24, 2.45) is 0 Å². The van der Waals surface area contributed by atoms with E-state index in [0.29, 0.717) is 23.7 Å². The van der Waals surface area contributed by atoms with Crippen LogP contribution >= 0.6 is 0 Å². The third-order valence-electron chi connectivity index (χ3n) is 4.42. The van der Waals surface area contributed by atoms with Gasteiger partial charge in [-0.1, -0.05) is 48.0 Å². The van der Waals surface area contributed by atoms with Crippen molar-refractivity contribution >= 4 is 23.2 Å². The Bertz CT molecular complexity index is 969. The van der Waals surface area contributed by atoms with Crippen LogP contribution in [0.2, 0.25) is 0 Å². The molecule has 0 radical (unpaired) electrons. The van der Waals surface area contributed by atoms with E-state index >= 15 is 0 Å². The van der Waals surface area contributed by atoms with Crippen LogP contribution in [0.1, 0.15) is 18.9 Å². The van der Waals surface area contributed by atoms with Crippen LogP contribution in [0.15, 0.2) is 78.9 Å². The van der Waals surface area contributed by atoms with Gasteiger partial charge in [0.2, 0.25) is 11.8 Å². The summed E-state index contributed by atoms with van der Waals surface area (Å²) in [6.45, 7) is 3.79. The lowest BCUT2D eigenvalue weighted by Gasteiger charge is -2.21. The topological polar surface area (TPSA) is 58.6 Å². The summed E-state index contributed by atoms with van der Waals surface area (Å²) in [6.07, 6.45) is 0.174. The number of amides is 2. The van der Waals surface area contributed by atoms with Crippen molar-refractivity contribution in [2.75, 3.05) is 16.8 Å². The molecule has 0 aliphatic heterocycles. The second kappa shape index (κ2) is 9.55. The van der Waals surface area contributed by atoms with E-state index in [1.165, 1.54) is 6.92 Å². The van der Waals surface area contributed by atoms with Gasteiger partial charge in [0.1, 0.15) is 5.75 Å². The van der Waals surface area contributed by atoms with Gasteiger partial charge < -0.3 is 15.0 Å². The molecule has 0 bridgehead atoms. The van der Waals surface area contributed by atoms with E-state index in [-0.39, 0.29) is 18.2 Å². The third kappa shape index (κ3) is 5.69. The number of para-hydroxylation sites is 3. The van der Waals surface area contributed by atoms with Crippen LogP contribution in [-0.4, -0.2) is 18.4 Å². The molecule has 0 aliphatic carbocycles. The van der Waals surface area contributed by atoms with E-state index in [4.69, 9.17) is 4.74 Å². The molecule has 0 unspecified atom stereocenters. The molecule has 1 N–H and O–H groups in total. The number of carbonyl (C=O) groups excluding carboxylic acids is 2. The normalized spacial score (nSPS) is 10.3. The summed E-state index contributed by atoms with van der Waals surface area (Å²) < 4.78 is 5.88. The number of ether oxygens (including phenoxy) is 1. The van der Waals surface area contributed by atoms with Gasteiger partial charge in [-0.25, -0.2) is 0 Å². The van der Waals surface area contributed by atoms with Crippen molar-refractivity contribution in [3.05, 3.63) is 84.4 Å². The average Bonchev–Trinajstić information content (AvgIpc) is 2.71. The number of nitrogens with one attached hydrogen (secondary N) is 1. The highest BCUT2D eigenvalue weighted by Gasteiger charge is 2.14. The first-order chi connectivity index (χ1) is 14.0. The first-order valence-electron chi connectivity index (χ1n) is 9.49. The van der Waals surface area contributed by atoms with Gasteiger partial charge in [-0.05, 0) is 43.3 Å². The van der Waals surface area contributed by atoms with Crippen LogP contribution in [-0.2, 0) is 9.59 Å². The summed E-state index contributed by atoms with van der Waals surface area (Å²) in [6, 6.07) is 24.3. The summed E-state index contributed by atoms with van der Waals surface area (Å²) in [7, 11) is 0. The zero-order chi connectivity index (χ0) is 20.6. The fourth-order valence-corrected chi connectivity index (χ4v) is 2.89. The molecule has 5 heteroatoms. The molecule has 3 aromatic rings. The Hall–Kier alpha value is -3.60. The lowest BCUT2D eigenvalue weighted by molar-refractivity contribution is -0.117. The average molecular weight is 388 g/mol. The number of anilines is 2. The van der Waals surface area contributed by atoms with Crippen LogP contribution in [0.4, 0.5) is 11.4 Å². The smallest absolute Gasteiger partial charge is 0.226 e. The summed E-state index contributed by atoms with van der Waals surface area (Å²) in [5, 5.41) is 2.88. The zero-order valence-corrected chi connectivity index (χ0v) is 16.6. The molecule has 0 spiro atoms. The molecule has 2 amide bonds. The van der Waals surface area contributed by atoms with Gasteiger partial charge in [0, 0.05) is 25.6 Å². The molecule has 0 fully saturated rings. The predicted octanol–water partition coefficient (Wildman–Crippen LogP) is 5.17. The lowest BCUT2D eigenvalue weighted by atomic mass is 10.2. The minimum atomic E-state index is -0.188. The van der Waals surface area contributed by atoms with E-state index in [2.05, 4.69) is 5.32 Å². The zero-order valence-electron chi connectivity index (χ0n) is 16.6. The molecule has 0 saturated heterocycles. The van der Waals surface area contributed by atoms with Gasteiger partial charge >= 0.3 is 0 Å². The highest BCUT2D eigenvalue weighted by molar-refractivity contribution is 5.95. The van der Waals surface area contributed by atoms with Gasteiger partial charge in [-0.15, -0.1) is 0 Å². The van der Waals surface area contributed by atoms with Gasteiger partial charge in [0.25, 0.3) is 0 Å². The highest BCUT2D eigenvalue weighted by Crippen LogP contribution is 2.29. The van der Waals surface area contributed by atoms with Crippen molar-refractivity contribution in [1.29, 1.82) is 0 Å². The van der Waals surface area contributed by atoms with Gasteiger partial charge in [0.15, 0.2) is 5.75 Å². The number of aryl methyl sites for hydroxylation is 1. The Morgan fingerprint density at radius 3 is 2.24 bits per heavy atom. The molecule has 0 aliphatic rings. The van der Waals surface area contributed by atoms with Crippen LogP contribution in [0.5, 0.6) is 11.5 Å². The maximum absolute atomic E-state index is 12.5. The van der Waals surface area contributed by atoms with Crippen LogP contribution in [0.3, 0.4) is 0 Å². The molecule has 3 rings (SSSR count). The number of hydrogen-bond donors (Lipinski definition) is 1. The van der Waals surface area contributed by atoms with E-state index in [9.17, 15) is 9.59 Å². The quantitative estimate of drug-likeness (QED) is 0.607. The lowest BCUT2D eigenvalue weighted by Crippen LogP contribution is -2.31. The maximum atomic E-state index is 12.5. The number of carbonyl (C=O) groups is 2. The summed E-state index contributed by atoms with van der Waals surface area (Å²) in [5.74, 6) is 0.965. The van der Waals surface area contributed by atoms with E-state index < -0.39 is 0 Å². The van der Waals surface area contributed by atoms with Gasteiger partial charge in [-0.3, -0.25) is 9.59 Å². The largest absolute Gasteiger partial charge is 0.455 e. The molecule has 0 heterocycles. The van der Waals surface area contributed by atoms with Crippen molar-refractivity contribution in [3.8, 4) is 11.5 Å². The van der Waals surface area contributed by atoms with Gasteiger partial charge in [-0.2, -0.15) is 0 Å². The van der Waals surface area contributed by atoms with Crippen LogP contribution < -0.4 is 15.0 Å². The van der Waals surface area contributed by atoms with E-state index in [0.717, 1.165) is 11.3 Å². The summed E-state index contributed by atoms with van der Waals surface area (Å²) in [5.41, 5.74) is 2.49. The van der Waals surface area contributed by atoms with Crippen molar-refractivity contribution in [3.63, 3.8) is 0 Å². The Kier molecular flexibility index (Phi) is 6.63. The SMILES string of the molecule is CC(=O)N(CCC(=O)Nc1ccccc1Oc1ccccc1)c1ccc(C)cc1. The van der Waals surface area contributed by atoms with Gasteiger partial charge in [0.05, 0.1) is 5.69 Å². The molecule has 29 heavy (non-hydrogen) atoms. The number of benzene rings is 3. The minimum Gasteiger partial charge on any atom is -0.455 e. The van der Waals surface area contributed by atoms with Crippen molar-refractivity contribution in [1.82, 2.24) is 0 Å². The Morgan fingerprint density at radius 1 is 0.897 bits per heavy atom. The highest BCUT2D eigenvalue weighted by atomic mass is 16.5. The molecule has 148 valence electrons. The first kappa shape index (κ1) is 20.1. The monoisotopic (exact) mass is 388 g/mol. The summed E-state index contributed by atoms with van der Waals surface area (Å²) >= 11 is 0. The Balaban J connectivity index is 1.64. The molecule has 0 atom stereocenters. The fraction of sp³-hybridized carbons (Fsp3) is 0.167. The second-order valence-corrected chi connectivity index (χ2v) is 6.72. The number of hydrogen-bond acceptors (Lipinski definition) is 3. The number of nitrogens with zero attached hydrogens (tertiary/aromatic N) is 1.